The van der Waals surface area contributed by atoms with E-state index in [1.165, 1.54) is 6.42 Å². The normalized spacial score (nSPS) is 16.2. The fraction of sp³-hybridized carbons (Fsp3) is 1.00. The SMILES string of the molecule is CCC(C)N(CCN)CC(C)NC. The molecule has 3 heteroatoms. The highest BCUT2D eigenvalue weighted by molar-refractivity contribution is 4.71. The van der Waals surface area contributed by atoms with Crippen LogP contribution >= 0.6 is 0 Å². The third-order valence-corrected chi connectivity index (χ3v) is 2.63. The molecule has 0 aromatic rings. The van der Waals surface area contributed by atoms with Crippen molar-refractivity contribution in [3.63, 3.8) is 0 Å². The summed E-state index contributed by atoms with van der Waals surface area (Å²) in [6.07, 6.45) is 1.19. The molecule has 0 radical (unpaired) electrons. The first-order valence-corrected chi connectivity index (χ1v) is 5.27. The molecular weight excluding hydrogens is 162 g/mol. The van der Waals surface area contributed by atoms with Gasteiger partial charge in [0.1, 0.15) is 0 Å². The second kappa shape index (κ2) is 7.30. The van der Waals surface area contributed by atoms with Gasteiger partial charge in [-0.15, -0.1) is 0 Å². The molecule has 0 aromatic heterocycles. The van der Waals surface area contributed by atoms with Gasteiger partial charge in [0.25, 0.3) is 0 Å². The lowest BCUT2D eigenvalue weighted by Gasteiger charge is -2.30. The molecule has 0 aromatic carbocycles. The topological polar surface area (TPSA) is 41.3 Å². The predicted molar refractivity (Wildman–Crippen MR) is 58.9 cm³/mol. The van der Waals surface area contributed by atoms with Crippen LogP contribution in [0.15, 0.2) is 0 Å². The molecule has 13 heavy (non-hydrogen) atoms. The summed E-state index contributed by atoms with van der Waals surface area (Å²) in [5, 5.41) is 3.25. The first kappa shape index (κ1) is 12.9. The Morgan fingerprint density at radius 3 is 2.38 bits per heavy atom. The fourth-order valence-corrected chi connectivity index (χ4v) is 1.36. The number of nitrogens with one attached hydrogen (secondary N) is 1. The van der Waals surface area contributed by atoms with Crippen LogP contribution in [-0.4, -0.2) is 43.7 Å². The average molecular weight is 187 g/mol. The lowest BCUT2D eigenvalue weighted by atomic mass is 10.2. The third kappa shape index (κ3) is 5.24. The summed E-state index contributed by atoms with van der Waals surface area (Å²) >= 11 is 0. The zero-order chi connectivity index (χ0) is 10.3. The van der Waals surface area contributed by atoms with Crippen LogP contribution in [0.1, 0.15) is 27.2 Å². The zero-order valence-electron chi connectivity index (χ0n) is 9.51. The lowest BCUT2D eigenvalue weighted by Crippen LogP contribution is -2.44. The van der Waals surface area contributed by atoms with E-state index >= 15 is 0 Å². The number of nitrogens with two attached hydrogens (primary N) is 1. The first-order valence-electron chi connectivity index (χ1n) is 5.27. The minimum absolute atomic E-state index is 0.542. The maximum atomic E-state index is 5.58. The van der Waals surface area contributed by atoms with Crippen molar-refractivity contribution in [2.45, 2.75) is 39.3 Å². The maximum absolute atomic E-state index is 5.58. The van der Waals surface area contributed by atoms with Crippen LogP contribution in [0.5, 0.6) is 0 Å². The van der Waals surface area contributed by atoms with E-state index < -0.39 is 0 Å². The minimum Gasteiger partial charge on any atom is -0.329 e. The Labute approximate surface area is 82.7 Å². The second-order valence-electron chi connectivity index (χ2n) is 3.73. The highest BCUT2D eigenvalue weighted by atomic mass is 15.2. The monoisotopic (exact) mass is 187 g/mol. The molecule has 0 saturated heterocycles. The largest absolute Gasteiger partial charge is 0.329 e. The summed E-state index contributed by atoms with van der Waals surface area (Å²) < 4.78 is 0. The van der Waals surface area contributed by atoms with Crippen molar-refractivity contribution in [2.75, 3.05) is 26.7 Å². The van der Waals surface area contributed by atoms with Crippen LogP contribution in [0.25, 0.3) is 0 Å². The van der Waals surface area contributed by atoms with Gasteiger partial charge < -0.3 is 11.1 Å². The van der Waals surface area contributed by atoms with Crippen LogP contribution in [0.4, 0.5) is 0 Å². The Bertz CT molecular complexity index is 117. The average Bonchev–Trinajstić information content (AvgIpc) is 2.15. The summed E-state index contributed by atoms with van der Waals surface area (Å²) in [7, 11) is 2.00. The van der Waals surface area contributed by atoms with Gasteiger partial charge in [-0.25, -0.2) is 0 Å². The molecule has 0 heterocycles. The zero-order valence-corrected chi connectivity index (χ0v) is 9.51. The van der Waals surface area contributed by atoms with Crippen molar-refractivity contribution >= 4 is 0 Å². The standard InChI is InChI=1S/C10H25N3/c1-5-10(3)13(7-6-11)8-9(2)12-4/h9-10,12H,5-8,11H2,1-4H3. The highest BCUT2D eigenvalue weighted by Crippen LogP contribution is 2.03. The molecule has 3 N–H and O–H groups in total. The van der Waals surface area contributed by atoms with Gasteiger partial charge in [-0.05, 0) is 27.3 Å². The predicted octanol–water partition coefficient (Wildman–Crippen LogP) is 0.654. The van der Waals surface area contributed by atoms with E-state index in [0.29, 0.717) is 12.1 Å². The van der Waals surface area contributed by atoms with E-state index in [4.69, 9.17) is 5.73 Å². The van der Waals surface area contributed by atoms with Crippen molar-refractivity contribution in [1.82, 2.24) is 10.2 Å². The van der Waals surface area contributed by atoms with Gasteiger partial charge in [0, 0.05) is 31.7 Å². The molecule has 0 aliphatic carbocycles. The maximum Gasteiger partial charge on any atom is 0.0163 e. The van der Waals surface area contributed by atoms with E-state index in [-0.39, 0.29) is 0 Å². The van der Waals surface area contributed by atoms with Crippen molar-refractivity contribution in [3.05, 3.63) is 0 Å². The summed E-state index contributed by atoms with van der Waals surface area (Å²) in [5.41, 5.74) is 5.58. The Morgan fingerprint density at radius 1 is 1.38 bits per heavy atom. The summed E-state index contributed by atoms with van der Waals surface area (Å²) in [6, 6.07) is 1.18. The van der Waals surface area contributed by atoms with Crippen molar-refractivity contribution in [1.29, 1.82) is 0 Å². The number of hydrogen-bond acceptors (Lipinski definition) is 3. The quantitative estimate of drug-likeness (QED) is 0.615. The van der Waals surface area contributed by atoms with E-state index in [2.05, 4.69) is 31.0 Å². The Morgan fingerprint density at radius 2 is 2.00 bits per heavy atom. The van der Waals surface area contributed by atoms with Gasteiger partial charge in [0.2, 0.25) is 0 Å². The second-order valence-corrected chi connectivity index (χ2v) is 3.73. The molecule has 0 spiro atoms. The molecule has 3 nitrogen and oxygen atoms in total. The number of hydrogen-bond donors (Lipinski definition) is 2. The number of rotatable bonds is 7. The van der Waals surface area contributed by atoms with Crippen molar-refractivity contribution in [2.24, 2.45) is 5.73 Å². The van der Waals surface area contributed by atoms with E-state index in [0.717, 1.165) is 19.6 Å². The summed E-state index contributed by atoms with van der Waals surface area (Å²) in [6.45, 7) is 9.52. The van der Waals surface area contributed by atoms with Gasteiger partial charge in [0.05, 0.1) is 0 Å². The van der Waals surface area contributed by atoms with Crippen LogP contribution in [0, 0.1) is 0 Å². The van der Waals surface area contributed by atoms with E-state index in [1.807, 2.05) is 7.05 Å². The molecule has 2 unspecified atom stereocenters. The molecule has 0 aliphatic heterocycles. The summed E-state index contributed by atoms with van der Waals surface area (Å²) in [5.74, 6) is 0. The highest BCUT2D eigenvalue weighted by Gasteiger charge is 2.13. The van der Waals surface area contributed by atoms with Crippen LogP contribution in [-0.2, 0) is 0 Å². The molecule has 0 bridgehead atoms. The minimum atomic E-state index is 0.542. The lowest BCUT2D eigenvalue weighted by molar-refractivity contribution is 0.193. The van der Waals surface area contributed by atoms with Gasteiger partial charge in [-0.1, -0.05) is 6.92 Å². The van der Waals surface area contributed by atoms with Crippen LogP contribution in [0.3, 0.4) is 0 Å². The molecule has 0 fully saturated rings. The van der Waals surface area contributed by atoms with E-state index in [1.54, 1.807) is 0 Å². The van der Waals surface area contributed by atoms with Gasteiger partial charge in [-0.3, -0.25) is 4.90 Å². The Kier molecular flexibility index (Phi) is 7.23. The van der Waals surface area contributed by atoms with E-state index in [9.17, 15) is 0 Å². The molecule has 0 saturated carbocycles. The molecule has 0 rings (SSSR count). The Hall–Kier alpha value is -0.120. The Balaban J connectivity index is 3.92. The van der Waals surface area contributed by atoms with Crippen molar-refractivity contribution in [3.8, 4) is 0 Å². The number of nitrogens with zero attached hydrogens (tertiary/aromatic N) is 1. The van der Waals surface area contributed by atoms with Gasteiger partial charge in [0.15, 0.2) is 0 Å². The van der Waals surface area contributed by atoms with Crippen LogP contribution < -0.4 is 11.1 Å². The molecule has 0 amide bonds. The third-order valence-electron chi connectivity index (χ3n) is 2.63. The van der Waals surface area contributed by atoms with Gasteiger partial charge >= 0.3 is 0 Å². The summed E-state index contributed by atoms with van der Waals surface area (Å²) in [4.78, 5) is 2.45. The molecule has 80 valence electrons. The first-order chi connectivity index (χ1) is 6.15. The molecule has 0 aliphatic rings. The molecule has 2 atom stereocenters. The smallest absolute Gasteiger partial charge is 0.0163 e. The van der Waals surface area contributed by atoms with Crippen LogP contribution in [0.2, 0.25) is 0 Å². The van der Waals surface area contributed by atoms with Gasteiger partial charge in [-0.2, -0.15) is 0 Å². The van der Waals surface area contributed by atoms with Crippen molar-refractivity contribution < 1.29 is 0 Å². The molecular formula is C10H25N3. The number of likely N-dealkylation sites (N-methyl/N-ethyl adjacent to an activating group) is 1. The fourth-order valence-electron chi connectivity index (χ4n) is 1.36.